The number of fused-ring (bicyclic) bond motifs is 2. The largest absolute Gasteiger partial charge is 0.337 e. The highest BCUT2D eigenvalue weighted by Gasteiger charge is 2.23. The van der Waals surface area contributed by atoms with Crippen molar-refractivity contribution < 1.29 is 4.79 Å². The van der Waals surface area contributed by atoms with E-state index in [-0.39, 0.29) is 11.9 Å². The molecule has 0 radical (unpaired) electrons. The molecule has 0 saturated carbocycles. The molecule has 0 spiro atoms. The minimum absolute atomic E-state index is 0.0201. The third-order valence-corrected chi connectivity index (χ3v) is 7.42. The topological polar surface area (TPSA) is 68.6 Å². The number of aryl methyl sites for hydroxylation is 1. The van der Waals surface area contributed by atoms with Gasteiger partial charge in [0, 0.05) is 59.1 Å². The van der Waals surface area contributed by atoms with Crippen molar-refractivity contribution in [3.63, 3.8) is 0 Å². The first kappa shape index (κ1) is 22.8. The standard InChI is InChI=1S/C29H28ClN5O/c1-19-28(32-27-16-22(12-14-34(19)27)29(36)33-13-4-6-24(31)18-33)26-15-21-5-2-3-7-25(21)35(26)17-20-8-10-23(30)11-9-20/h2-3,5,7-12,14-16,24H,4,6,13,17-18,31H2,1H3/t24-/m1/s1. The molecule has 182 valence electrons. The summed E-state index contributed by atoms with van der Waals surface area (Å²) in [4.78, 5) is 20.1. The third kappa shape index (κ3) is 4.06. The molecule has 0 bridgehead atoms. The normalized spacial score (nSPS) is 16.2. The van der Waals surface area contributed by atoms with Gasteiger partial charge in [-0.05, 0) is 61.7 Å². The summed E-state index contributed by atoms with van der Waals surface area (Å²) in [6.07, 6.45) is 3.86. The summed E-state index contributed by atoms with van der Waals surface area (Å²) in [5, 5.41) is 1.89. The average Bonchev–Trinajstić information content (AvgIpc) is 3.42. The molecule has 1 aliphatic heterocycles. The monoisotopic (exact) mass is 497 g/mol. The highest BCUT2D eigenvalue weighted by atomic mass is 35.5. The SMILES string of the molecule is Cc1c(-c2cc3ccccc3n2Cc2ccc(Cl)cc2)nc2cc(C(=O)N3CCC[C@@H](N)C3)ccn12. The van der Waals surface area contributed by atoms with E-state index in [9.17, 15) is 4.79 Å². The molecular formula is C29H28ClN5O. The van der Waals surface area contributed by atoms with Crippen LogP contribution >= 0.6 is 11.6 Å². The number of piperidine rings is 1. The van der Waals surface area contributed by atoms with Gasteiger partial charge in [-0.3, -0.25) is 4.79 Å². The molecule has 2 N–H and O–H groups in total. The highest BCUT2D eigenvalue weighted by Crippen LogP contribution is 2.32. The molecular weight excluding hydrogens is 470 g/mol. The molecule has 0 unspecified atom stereocenters. The summed E-state index contributed by atoms with van der Waals surface area (Å²) in [5.74, 6) is 0.0201. The van der Waals surface area contributed by atoms with E-state index in [4.69, 9.17) is 22.3 Å². The number of imidazole rings is 1. The van der Waals surface area contributed by atoms with Crippen molar-refractivity contribution in [1.82, 2.24) is 18.9 Å². The molecule has 36 heavy (non-hydrogen) atoms. The lowest BCUT2D eigenvalue weighted by Crippen LogP contribution is -2.45. The molecule has 3 aromatic heterocycles. The third-order valence-electron chi connectivity index (χ3n) is 7.16. The van der Waals surface area contributed by atoms with Crippen molar-refractivity contribution in [2.24, 2.45) is 5.73 Å². The Labute approximate surface area is 214 Å². The molecule has 7 heteroatoms. The zero-order valence-corrected chi connectivity index (χ0v) is 20.9. The maximum Gasteiger partial charge on any atom is 0.254 e. The second-order valence-corrected chi connectivity index (χ2v) is 10.1. The van der Waals surface area contributed by atoms with Gasteiger partial charge in [0.05, 0.1) is 5.69 Å². The average molecular weight is 498 g/mol. The molecule has 0 aliphatic carbocycles. The zero-order valence-electron chi connectivity index (χ0n) is 20.2. The fourth-order valence-corrected chi connectivity index (χ4v) is 5.40. The van der Waals surface area contributed by atoms with Crippen LogP contribution in [-0.4, -0.2) is 43.9 Å². The van der Waals surface area contributed by atoms with Gasteiger partial charge >= 0.3 is 0 Å². The number of rotatable bonds is 4. The van der Waals surface area contributed by atoms with E-state index in [1.165, 1.54) is 0 Å². The van der Waals surface area contributed by atoms with Gasteiger partial charge in [0.1, 0.15) is 11.3 Å². The smallest absolute Gasteiger partial charge is 0.254 e. The Kier molecular flexibility index (Phi) is 5.78. The number of carbonyl (C=O) groups is 1. The predicted molar refractivity (Wildman–Crippen MR) is 145 cm³/mol. The highest BCUT2D eigenvalue weighted by molar-refractivity contribution is 6.30. The van der Waals surface area contributed by atoms with Crippen molar-refractivity contribution in [3.05, 3.63) is 94.8 Å². The lowest BCUT2D eigenvalue weighted by atomic mass is 10.1. The number of pyridine rings is 1. The summed E-state index contributed by atoms with van der Waals surface area (Å²) < 4.78 is 4.35. The van der Waals surface area contributed by atoms with Crippen LogP contribution in [0.15, 0.2) is 72.9 Å². The number of carbonyl (C=O) groups excluding carboxylic acids is 1. The summed E-state index contributed by atoms with van der Waals surface area (Å²) in [5.41, 5.74) is 12.8. The fourth-order valence-electron chi connectivity index (χ4n) is 5.27. The minimum atomic E-state index is 0.0201. The lowest BCUT2D eigenvalue weighted by molar-refractivity contribution is 0.0709. The van der Waals surface area contributed by atoms with Crippen molar-refractivity contribution >= 4 is 34.1 Å². The van der Waals surface area contributed by atoms with Gasteiger partial charge in [-0.25, -0.2) is 4.98 Å². The first-order valence-electron chi connectivity index (χ1n) is 12.3. The predicted octanol–water partition coefficient (Wildman–Crippen LogP) is 5.53. The molecule has 1 atom stereocenters. The van der Waals surface area contributed by atoms with E-state index < -0.39 is 0 Å². The number of para-hydroxylation sites is 1. The van der Waals surface area contributed by atoms with E-state index in [1.54, 1.807) is 0 Å². The van der Waals surface area contributed by atoms with Crippen LogP contribution in [0.1, 0.15) is 34.5 Å². The second kappa shape index (κ2) is 9.12. The lowest BCUT2D eigenvalue weighted by Gasteiger charge is -2.30. The number of aromatic nitrogens is 3. The van der Waals surface area contributed by atoms with Crippen molar-refractivity contribution in [1.29, 1.82) is 0 Å². The summed E-state index contributed by atoms with van der Waals surface area (Å²) in [7, 11) is 0. The van der Waals surface area contributed by atoms with E-state index in [0.717, 1.165) is 63.6 Å². The Hall–Kier alpha value is -3.61. The van der Waals surface area contributed by atoms with Crippen molar-refractivity contribution in [2.75, 3.05) is 13.1 Å². The van der Waals surface area contributed by atoms with Crippen molar-refractivity contribution in [2.45, 2.75) is 32.4 Å². The van der Waals surface area contributed by atoms with Gasteiger partial charge < -0.3 is 19.6 Å². The Bertz CT molecular complexity index is 1580. The number of likely N-dealkylation sites (tertiary alicyclic amines) is 1. The minimum Gasteiger partial charge on any atom is -0.337 e. The van der Waals surface area contributed by atoms with Crippen LogP contribution in [-0.2, 0) is 6.54 Å². The number of hydrogen-bond acceptors (Lipinski definition) is 3. The number of benzene rings is 2. The van der Waals surface area contributed by atoms with Crippen LogP contribution < -0.4 is 5.73 Å². The summed E-state index contributed by atoms with van der Waals surface area (Å²) >= 11 is 6.12. The molecule has 1 aliphatic rings. The van der Waals surface area contributed by atoms with Gasteiger partial charge in [0.15, 0.2) is 0 Å². The van der Waals surface area contributed by atoms with Crippen LogP contribution in [0.4, 0.5) is 0 Å². The Morgan fingerprint density at radius 2 is 1.92 bits per heavy atom. The van der Waals surface area contributed by atoms with Crippen LogP contribution in [0.3, 0.4) is 0 Å². The van der Waals surface area contributed by atoms with Gasteiger partial charge in [-0.1, -0.05) is 41.9 Å². The molecule has 6 rings (SSSR count). The van der Waals surface area contributed by atoms with Gasteiger partial charge in [-0.15, -0.1) is 0 Å². The first-order valence-corrected chi connectivity index (χ1v) is 12.7. The van der Waals surface area contributed by atoms with Crippen molar-refractivity contribution in [3.8, 4) is 11.4 Å². The Morgan fingerprint density at radius 3 is 2.72 bits per heavy atom. The summed E-state index contributed by atoms with van der Waals surface area (Å²) in [6, 6.07) is 22.4. The molecule has 1 saturated heterocycles. The molecule has 4 heterocycles. The van der Waals surface area contributed by atoms with E-state index in [0.29, 0.717) is 18.7 Å². The number of nitrogens with two attached hydrogens (primary N) is 1. The first-order chi connectivity index (χ1) is 17.5. The molecule has 1 amide bonds. The fraction of sp³-hybridized carbons (Fsp3) is 0.241. The second-order valence-electron chi connectivity index (χ2n) is 9.64. The Balaban J connectivity index is 1.42. The maximum atomic E-state index is 13.2. The molecule has 5 aromatic rings. The number of hydrogen-bond donors (Lipinski definition) is 1. The number of halogens is 1. The summed E-state index contributed by atoms with van der Waals surface area (Å²) in [6.45, 7) is 4.13. The molecule has 1 fully saturated rings. The van der Waals surface area contributed by atoms with Gasteiger partial charge in [-0.2, -0.15) is 0 Å². The number of nitrogens with zero attached hydrogens (tertiary/aromatic N) is 4. The van der Waals surface area contributed by atoms with E-state index in [1.807, 2.05) is 35.4 Å². The zero-order chi connectivity index (χ0) is 24.8. The van der Waals surface area contributed by atoms with Crippen LogP contribution in [0.25, 0.3) is 27.9 Å². The Morgan fingerprint density at radius 1 is 1.11 bits per heavy atom. The quantitative estimate of drug-likeness (QED) is 0.355. The molecule has 6 nitrogen and oxygen atoms in total. The van der Waals surface area contributed by atoms with Crippen LogP contribution in [0.5, 0.6) is 0 Å². The molecule has 2 aromatic carbocycles. The van der Waals surface area contributed by atoms with E-state index in [2.05, 4.69) is 58.4 Å². The van der Waals surface area contributed by atoms with Crippen LogP contribution in [0.2, 0.25) is 5.02 Å². The van der Waals surface area contributed by atoms with E-state index >= 15 is 0 Å². The number of amides is 1. The van der Waals surface area contributed by atoms with Gasteiger partial charge in [0.25, 0.3) is 5.91 Å². The van der Waals surface area contributed by atoms with Gasteiger partial charge in [0.2, 0.25) is 0 Å². The maximum absolute atomic E-state index is 13.2. The van der Waals surface area contributed by atoms with Crippen LogP contribution in [0, 0.1) is 6.92 Å².